The molecule has 1 aliphatic rings. The number of nitrogens with one attached hydrogen (secondary N) is 3. The van der Waals surface area contributed by atoms with Crippen LogP contribution in [0.25, 0.3) is 0 Å². The number of sulfonamides is 1. The Morgan fingerprint density at radius 1 is 1.10 bits per heavy atom. The third-order valence-electron chi connectivity index (χ3n) is 6.67. The van der Waals surface area contributed by atoms with Gasteiger partial charge in [0.2, 0.25) is 21.8 Å². The van der Waals surface area contributed by atoms with Crippen LogP contribution in [0.4, 0.5) is 0 Å². The van der Waals surface area contributed by atoms with Crippen molar-refractivity contribution in [3.63, 3.8) is 0 Å². The van der Waals surface area contributed by atoms with E-state index in [1.54, 1.807) is 19.1 Å². The first-order valence-corrected chi connectivity index (χ1v) is 16.5. The lowest BCUT2D eigenvalue weighted by Crippen LogP contribution is -2.62. The first kappa shape index (κ1) is 31.5. The summed E-state index contributed by atoms with van der Waals surface area (Å²) in [4.78, 5) is 25.2. The summed E-state index contributed by atoms with van der Waals surface area (Å²) in [5, 5.41) is 5.32. The van der Waals surface area contributed by atoms with Gasteiger partial charge in [0.05, 0.1) is 23.0 Å². The van der Waals surface area contributed by atoms with E-state index >= 15 is 0 Å². The minimum Gasteiger partial charge on any atom is -0.493 e. The minimum atomic E-state index is -4.10. The average Bonchev–Trinajstić information content (AvgIpc) is 3.39. The van der Waals surface area contributed by atoms with Gasteiger partial charge in [-0.25, -0.2) is 16.8 Å². The molecule has 13 heteroatoms. The SMILES string of the molecule is CC[C@](Cc1ccccc1)(NC(=O)[C@H](C)CS(=O)(=O)CCC(=O)NCCN)NS(=O)(=O)c1ccc2c(c1)CCO2. The van der Waals surface area contributed by atoms with Crippen molar-refractivity contribution < 1.29 is 31.2 Å². The van der Waals surface area contributed by atoms with Crippen LogP contribution in [0.15, 0.2) is 53.4 Å². The van der Waals surface area contributed by atoms with E-state index in [1.807, 2.05) is 30.3 Å². The molecule has 0 unspecified atom stereocenters. The smallest absolute Gasteiger partial charge is 0.242 e. The van der Waals surface area contributed by atoms with E-state index < -0.39 is 54.8 Å². The summed E-state index contributed by atoms with van der Waals surface area (Å²) < 4.78 is 60.6. The second kappa shape index (κ2) is 13.6. The maximum absolute atomic E-state index is 13.6. The molecule has 0 saturated heterocycles. The Hall–Kier alpha value is -3.00. The standard InChI is InChI=1S/C27H38N4O7S2/c1-3-27(18-21-7-5-4-6-8-21,31-40(36,37)23-9-10-24-22(17-23)11-15-38-24)30-26(33)20(2)19-39(34,35)16-12-25(32)29-14-13-28/h4-10,17,20,31H,3,11-16,18-19,28H2,1-2H3,(H,29,32)(H,30,33)/t20-,27+/m1/s1. The van der Waals surface area contributed by atoms with E-state index in [0.29, 0.717) is 18.8 Å². The number of rotatable bonds is 15. The number of nitrogens with two attached hydrogens (primary N) is 1. The summed E-state index contributed by atoms with van der Waals surface area (Å²) in [6.45, 7) is 4.16. The number of carbonyl (C=O) groups excluding carboxylic acids is 2. The Morgan fingerprint density at radius 3 is 2.50 bits per heavy atom. The van der Waals surface area contributed by atoms with Gasteiger partial charge in [-0.05, 0) is 35.7 Å². The van der Waals surface area contributed by atoms with Crippen LogP contribution in [0, 0.1) is 5.92 Å². The molecule has 2 aromatic carbocycles. The van der Waals surface area contributed by atoms with Gasteiger partial charge in [-0.2, -0.15) is 4.72 Å². The molecule has 0 spiro atoms. The first-order chi connectivity index (χ1) is 18.9. The normalized spacial score (nSPS) is 15.4. The molecule has 2 atom stereocenters. The maximum atomic E-state index is 13.6. The van der Waals surface area contributed by atoms with Crippen molar-refractivity contribution in [2.24, 2.45) is 11.7 Å². The Balaban J connectivity index is 1.80. The van der Waals surface area contributed by atoms with E-state index in [0.717, 1.165) is 11.1 Å². The second-order valence-corrected chi connectivity index (χ2v) is 13.9. The zero-order chi connectivity index (χ0) is 29.4. The van der Waals surface area contributed by atoms with E-state index in [9.17, 15) is 26.4 Å². The Bertz CT molecular complexity index is 1400. The van der Waals surface area contributed by atoms with E-state index in [4.69, 9.17) is 10.5 Å². The highest BCUT2D eigenvalue weighted by atomic mass is 32.2. The van der Waals surface area contributed by atoms with Crippen molar-refractivity contribution >= 4 is 31.7 Å². The molecular formula is C27H38N4O7S2. The van der Waals surface area contributed by atoms with Crippen LogP contribution in [0.5, 0.6) is 5.75 Å². The number of benzene rings is 2. The number of carbonyl (C=O) groups is 2. The average molecular weight is 595 g/mol. The van der Waals surface area contributed by atoms with Gasteiger partial charge < -0.3 is 21.1 Å². The highest BCUT2D eigenvalue weighted by molar-refractivity contribution is 7.91. The predicted molar refractivity (Wildman–Crippen MR) is 152 cm³/mol. The first-order valence-electron chi connectivity index (χ1n) is 13.2. The maximum Gasteiger partial charge on any atom is 0.242 e. The second-order valence-electron chi connectivity index (χ2n) is 9.96. The van der Waals surface area contributed by atoms with Crippen LogP contribution in [0.1, 0.15) is 37.8 Å². The van der Waals surface area contributed by atoms with E-state index in [-0.39, 0.29) is 37.2 Å². The van der Waals surface area contributed by atoms with Gasteiger partial charge in [0, 0.05) is 38.3 Å². The van der Waals surface area contributed by atoms with Crippen molar-refractivity contribution in [1.82, 2.24) is 15.4 Å². The van der Waals surface area contributed by atoms with Crippen molar-refractivity contribution in [3.8, 4) is 5.75 Å². The molecule has 5 N–H and O–H groups in total. The third kappa shape index (κ3) is 8.75. The van der Waals surface area contributed by atoms with Gasteiger partial charge in [-0.15, -0.1) is 0 Å². The van der Waals surface area contributed by atoms with Crippen molar-refractivity contribution in [2.75, 3.05) is 31.2 Å². The van der Waals surface area contributed by atoms with Crippen molar-refractivity contribution in [1.29, 1.82) is 0 Å². The fraction of sp³-hybridized carbons (Fsp3) is 0.481. The molecule has 1 heterocycles. The molecule has 0 fully saturated rings. The van der Waals surface area contributed by atoms with Crippen LogP contribution in [0.2, 0.25) is 0 Å². The molecule has 1 aliphatic heterocycles. The summed E-state index contributed by atoms with van der Waals surface area (Å²) in [7, 11) is -7.85. The number of ether oxygens (including phenoxy) is 1. The van der Waals surface area contributed by atoms with E-state index in [2.05, 4.69) is 15.4 Å². The highest BCUT2D eigenvalue weighted by Gasteiger charge is 2.37. The van der Waals surface area contributed by atoms with Gasteiger partial charge in [-0.3, -0.25) is 9.59 Å². The Morgan fingerprint density at radius 2 is 1.82 bits per heavy atom. The molecule has 0 bridgehead atoms. The molecule has 0 saturated carbocycles. The lowest BCUT2D eigenvalue weighted by atomic mass is 9.97. The number of hydrogen-bond donors (Lipinski definition) is 4. The summed E-state index contributed by atoms with van der Waals surface area (Å²) in [6.07, 6.45) is 0.667. The van der Waals surface area contributed by atoms with Gasteiger partial charge >= 0.3 is 0 Å². The topological polar surface area (TPSA) is 174 Å². The van der Waals surface area contributed by atoms with Gasteiger partial charge in [0.1, 0.15) is 11.4 Å². The zero-order valence-electron chi connectivity index (χ0n) is 22.8. The largest absolute Gasteiger partial charge is 0.493 e. The summed E-state index contributed by atoms with van der Waals surface area (Å²) in [5.41, 5.74) is 5.46. The molecule has 11 nitrogen and oxygen atoms in total. The molecule has 0 aliphatic carbocycles. The third-order valence-corrected chi connectivity index (χ3v) is 10.0. The molecule has 0 radical (unpaired) electrons. The summed E-state index contributed by atoms with van der Waals surface area (Å²) >= 11 is 0. The van der Waals surface area contributed by atoms with Gasteiger partial charge in [0.25, 0.3) is 0 Å². The van der Waals surface area contributed by atoms with Crippen LogP contribution < -0.4 is 25.8 Å². The monoisotopic (exact) mass is 594 g/mol. The Labute approximate surface area is 236 Å². The van der Waals surface area contributed by atoms with Gasteiger partial charge in [0.15, 0.2) is 9.84 Å². The number of fused-ring (bicyclic) bond motifs is 1. The molecule has 220 valence electrons. The summed E-state index contributed by atoms with van der Waals surface area (Å²) in [5.74, 6) is -2.33. The summed E-state index contributed by atoms with van der Waals surface area (Å²) in [6, 6.07) is 13.7. The number of sulfone groups is 1. The van der Waals surface area contributed by atoms with Gasteiger partial charge in [-0.1, -0.05) is 44.2 Å². The molecule has 2 aromatic rings. The number of hydrogen-bond acceptors (Lipinski definition) is 8. The van der Waals surface area contributed by atoms with Crippen LogP contribution in [-0.4, -0.2) is 65.5 Å². The molecule has 0 aromatic heterocycles. The van der Waals surface area contributed by atoms with Crippen molar-refractivity contribution in [3.05, 3.63) is 59.7 Å². The molecule has 3 rings (SSSR count). The molecular weight excluding hydrogens is 556 g/mol. The van der Waals surface area contributed by atoms with Crippen molar-refractivity contribution in [2.45, 2.75) is 50.1 Å². The lowest BCUT2D eigenvalue weighted by Gasteiger charge is -2.36. The highest BCUT2D eigenvalue weighted by Crippen LogP contribution is 2.28. The quantitative estimate of drug-likeness (QED) is 0.220. The number of amides is 2. The van der Waals surface area contributed by atoms with Crippen LogP contribution in [-0.2, 0) is 42.3 Å². The predicted octanol–water partition coefficient (Wildman–Crippen LogP) is 0.881. The molecule has 40 heavy (non-hydrogen) atoms. The minimum absolute atomic E-state index is 0.0421. The fourth-order valence-corrected chi connectivity index (χ4v) is 7.45. The van der Waals surface area contributed by atoms with E-state index in [1.165, 1.54) is 13.0 Å². The van der Waals surface area contributed by atoms with Crippen LogP contribution in [0.3, 0.4) is 0 Å². The fourth-order valence-electron chi connectivity index (χ4n) is 4.43. The molecule has 2 amide bonds. The Kier molecular flexibility index (Phi) is 10.7. The van der Waals surface area contributed by atoms with Crippen LogP contribution >= 0.6 is 0 Å². The zero-order valence-corrected chi connectivity index (χ0v) is 24.4. The lowest BCUT2D eigenvalue weighted by molar-refractivity contribution is -0.126.